The Morgan fingerprint density at radius 3 is 2.67 bits per heavy atom. The van der Waals surface area contributed by atoms with Gasteiger partial charge in [-0.05, 0) is 18.4 Å². The van der Waals surface area contributed by atoms with Crippen LogP contribution >= 0.6 is 0 Å². The topological polar surface area (TPSA) is 20.2 Å². The van der Waals surface area contributed by atoms with Gasteiger partial charge in [0.1, 0.15) is 0 Å². The van der Waals surface area contributed by atoms with Crippen molar-refractivity contribution in [3.05, 3.63) is 47.2 Å². The summed E-state index contributed by atoms with van der Waals surface area (Å²) in [6.45, 7) is 2.20. The average molecular weight is 220 g/mol. The zero-order chi connectivity index (χ0) is 10.9. The van der Waals surface area contributed by atoms with E-state index in [4.69, 9.17) is 0 Å². The predicted molar refractivity (Wildman–Crippen MR) is 68.5 cm³/mol. The quantitative estimate of drug-likeness (QED) is 0.576. The lowest BCUT2D eigenvalue weighted by Crippen LogP contribution is -1.99. The fraction of sp³-hybridized carbons (Fsp3) is 0.385. The first kappa shape index (κ1) is 12.2. The fourth-order valence-corrected chi connectivity index (χ4v) is 2.29. The van der Waals surface area contributed by atoms with Gasteiger partial charge in [-0.25, -0.2) is 0 Å². The molecule has 0 aliphatic carbocycles. The highest BCUT2D eigenvalue weighted by molar-refractivity contribution is 6.36. The van der Waals surface area contributed by atoms with Crippen molar-refractivity contribution >= 4 is 9.76 Å². The maximum absolute atomic E-state index is 9.36. The first-order valence-electron chi connectivity index (χ1n) is 5.69. The number of benzene rings is 1. The third kappa shape index (κ3) is 4.95. The summed E-state index contributed by atoms with van der Waals surface area (Å²) in [5.74, 6) is 0. The van der Waals surface area contributed by atoms with Crippen molar-refractivity contribution in [1.82, 2.24) is 0 Å². The average Bonchev–Trinajstić information content (AvgIpc) is 2.29. The van der Waals surface area contributed by atoms with E-state index >= 15 is 0 Å². The highest BCUT2D eigenvalue weighted by Crippen LogP contribution is 2.08. The Kier molecular flexibility index (Phi) is 6.05. The van der Waals surface area contributed by atoms with Gasteiger partial charge in [0.15, 0.2) is 9.76 Å². The van der Waals surface area contributed by atoms with E-state index in [9.17, 15) is 4.80 Å². The lowest BCUT2D eigenvalue weighted by atomic mass is 10.1. The molecule has 0 aliphatic heterocycles. The second-order valence-corrected chi connectivity index (χ2v) is 5.05. The number of hydrogen-bond acceptors (Lipinski definition) is 1. The molecule has 0 bridgehead atoms. The molecule has 2 heteroatoms. The number of unbranched alkanes of at least 4 members (excludes halogenated alkanes) is 2. The van der Waals surface area contributed by atoms with Gasteiger partial charge in [-0.2, -0.15) is 0 Å². The van der Waals surface area contributed by atoms with Crippen LogP contribution in [-0.4, -0.2) is 14.6 Å². The SMILES string of the molecule is CCCCC=C(Cc1ccccc1)[SiH2]O. The normalized spacial score (nSPS) is 12.5. The monoisotopic (exact) mass is 220 g/mol. The van der Waals surface area contributed by atoms with Crippen molar-refractivity contribution in [1.29, 1.82) is 0 Å². The third-order valence-electron chi connectivity index (χ3n) is 2.47. The minimum atomic E-state index is -0.983. The van der Waals surface area contributed by atoms with Crippen LogP contribution in [0.5, 0.6) is 0 Å². The largest absolute Gasteiger partial charge is 0.434 e. The highest BCUT2D eigenvalue weighted by atomic mass is 28.2. The van der Waals surface area contributed by atoms with Crippen molar-refractivity contribution in [2.24, 2.45) is 0 Å². The molecular formula is C13H20OSi. The Morgan fingerprint density at radius 1 is 1.33 bits per heavy atom. The molecule has 15 heavy (non-hydrogen) atoms. The number of rotatable bonds is 6. The van der Waals surface area contributed by atoms with Gasteiger partial charge in [-0.3, -0.25) is 0 Å². The molecule has 0 spiro atoms. The summed E-state index contributed by atoms with van der Waals surface area (Å²) in [6.07, 6.45) is 6.75. The molecule has 1 nitrogen and oxygen atoms in total. The van der Waals surface area contributed by atoms with E-state index in [0.29, 0.717) is 0 Å². The molecule has 1 rings (SSSR count). The van der Waals surface area contributed by atoms with Crippen LogP contribution in [0.1, 0.15) is 31.7 Å². The molecule has 0 saturated carbocycles. The summed E-state index contributed by atoms with van der Waals surface area (Å²) in [5, 5.41) is 1.27. The van der Waals surface area contributed by atoms with Crippen molar-refractivity contribution in [2.75, 3.05) is 0 Å². The second kappa shape index (κ2) is 7.43. The molecule has 0 atom stereocenters. The zero-order valence-corrected chi connectivity index (χ0v) is 10.9. The van der Waals surface area contributed by atoms with Crippen molar-refractivity contribution in [2.45, 2.75) is 32.6 Å². The summed E-state index contributed by atoms with van der Waals surface area (Å²) in [5.41, 5.74) is 1.31. The molecule has 82 valence electrons. The van der Waals surface area contributed by atoms with Crippen LogP contribution in [0.4, 0.5) is 0 Å². The van der Waals surface area contributed by atoms with E-state index in [2.05, 4.69) is 37.3 Å². The van der Waals surface area contributed by atoms with E-state index < -0.39 is 9.76 Å². The Morgan fingerprint density at radius 2 is 2.07 bits per heavy atom. The lowest BCUT2D eigenvalue weighted by molar-refractivity contribution is 0.608. The van der Waals surface area contributed by atoms with Gasteiger partial charge >= 0.3 is 0 Å². The van der Waals surface area contributed by atoms with Crippen LogP contribution in [0.2, 0.25) is 0 Å². The first-order chi connectivity index (χ1) is 7.36. The minimum absolute atomic E-state index is 0.938. The van der Waals surface area contributed by atoms with E-state index in [1.165, 1.54) is 23.6 Å². The Bertz CT molecular complexity index is 293. The molecular weight excluding hydrogens is 200 g/mol. The standard InChI is InChI=1S/C13H20OSi/c1-2-3-5-10-13(15-14)11-12-8-6-4-7-9-12/h4,6-10,14H,2-3,5,11,15H2,1H3. The van der Waals surface area contributed by atoms with Crippen LogP contribution in [0.25, 0.3) is 0 Å². The molecule has 0 aromatic heterocycles. The summed E-state index contributed by atoms with van der Waals surface area (Å²) < 4.78 is 0. The minimum Gasteiger partial charge on any atom is -0.434 e. The van der Waals surface area contributed by atoms with E-state index in [1.807, 2.05) is 6.07 Å². The zero-order valence-electron chi connectivity index (χ0n) is 9.45. The van der Waals surface area contributed by atoms with Crippen LogP contribution in [0.3, 0.4) is 0 Å². The molecule has 0 radical (unpaired) electrons. The summed E-state index contributed by atoms with van der Waals surface area (Å²) in [6, 6.07) is 10.4. The molecule has 0 fully saturated rings. The maximum Gasteiger partial charge on any atom is 0.183 e. The Hall–Kier alpha value is -0.863. The summed E-state index contributed by atoms with van der Waals surface area (Å²) in [4.78, 5) is 9.36. The first-order valence-corrected chi connectivity index (χ1v) is 7.03. The second-order valence-electron chi connectivity index (χ2n) is 3.83. The Balaban J connectivity index is 2.50. The number of hydrogen-bond donors (Lipinski definition) is 1. The van der Waals surface area contributed by atoms with E-state index in [0.717, 1.165) is 12.8 Å². The van der Waals surface area contributed by atoms with Crippen molar-refractivity contribution < 1.29 is 4.80 Å². The summed E-state index contributed by atoms with van der Waals surface area (Å²) in [7, 11) is -0.983. The van der Waals surface area contributed by atoms with E-state index in [1.54, 1.807) is 0 Å². The van der Waals surface area contributed by atoms with Crippen LogP contribution < -0.4 is 0 Å². The Labute approximate surface area is 94.8 Å². The van der Waals surface area contributed by atoms with Crippen LogP contribution in [0.15, 0.2) is 41.6 Å². The van der Waals surface area contributed by atoms with E-state index in [-0.39, 0.29) is 0 Å². The molecule has 0 unspecified atom stereocenters. The smallest absolute Gasteiger partial charge is 0.183 e. The molecule has 1 aromatic rings. The van der Waals surface area contributed by atoms with Gasteiger partial charge in [-0.15, -0.1) is 0 Å². The molecule has 0 aliphatic rings. The molecule has 0 amide bonds. The molecule has 1 N–H and O–H groups in total. The number of allylic oxidation sites excluding steroid dienone is 2. The van der Waals surface area contributed by atoms with Crippen LogP contribution in [0, 0.1) is 0 Å². The highest BCUT2D eigenvalue weighted by Gasteiger charge is 1.98. The van der Waals surface area contributed by atoms with Gasteiger partial charge < -0.3 is 4.80 Å². The molecule has 0 saturated heterocycles. The summed E-state index contributed by atoms with van der Waals surface area (Å²) >= 11 is 0. The lowest BCUT2D eigenvalue weighted by Gasteiger charge is -2.03. The molecule has 1 aromatic carbocycles. The fourth-order valence-electron chi connectivity index (χ4n) is 1.56. The van der Waals surface area contributed by atoms with Crippen molar-refractivity contribution in [3.8, 4) is 0 Å². The predicted octanol–water partition coefficient (Wildman–Crippen LogP) is 2.38. The van der Waals surface area contributed by atoms with Crippen molar-refractivity contribution in [3.63, 3.8) is 0 Å². The van der Waals surface area contributed by atoms with Gasteiger partial charge in [0.25, 0.3) is 0 Å². The third-order valence-corrected chi connectivity index (χ3v) is 3.41. The maximum atomic E-state index is 9.36. The molecule has 0 heterocycles. The van der Waals surface area contributed by atoms with Gasteiger partial charge in [0.05, 0.1) is 0 Å². The van der Waals surface area contributed by atoms with Crippen LogP contribution in [-0.2, 0) is 6.42 Å². The van der Waals surface area contributed by atoms with Gasteiger partial charge in [-0.1, -0.05) is 61.4 Å². The van der Waals surface area contributed by atoms with Gasteiger partial charge in [0.2, 0.25) is 0 Å². The van der Waals surface area contributed by atoms with Gasteiger partial charge in [0, 0.05) is 0 Å².